The Balaban J connectivity index is 3.26. The van der Waals surface area contributed by atoms with E-state index in [1.807, 2.05) is 0 Å². The lowest BCUT2D eigenvalue weighted by Gasteiger charge is -1.86. The molecule has 0 rings (SSSR count). The van der Waals surface area contributed by atoms with Gasteiger partial charge in [0, 0.05) is 0 Å². The summed E-state index contributed by atoms with van der Waals surface area (Å²) < 4.78 is 21.9. The van der Waals surface area contributed by atoms with Crippen LogP contribution in [0.5, 0.6) is 0 Å². The molecule has 0 fully saturated rings. The molecular weight excluding hydrogens is 88.0 g/mol. The van der Waals surface area contributed by atoms with Crippen molar-refractivity contribution in [1.82, 2.24) is 0 Å². The second-order valence-corrected chi connectivity index (χ2v) is 0.984. The Morgan fingerprint density at radius 3 is 1.83 bits per heavy atom. The molecule has 0 aromatic heterocycles. The monoisotopic (exact) mass is 93.0 g/mol. The normalized spacial score (nSPS) is 9.33. The van der Waals surface area contributed by atoms with Crippen LogP contribution in [-0.2, 0) is 0 Å². The van der Waals surface area contributed by atoms with Gasteiger partial charge in [0.2, 0.25) is 0 Å². The maximum absolute atomic E-state index is 10.9. The Morgan fingerprint density at radius 1 is 1.67 bits per heavy atom. The SMILES string of the molecule is CC(=N)C(F)F. The third-order valence-corrected chi connectivity index (χ3v) is 0.327. The van der Waals surface area contributed by atoms with Crippen molar-refractivity contribution in [2.24, 2.45) is 0 Å². The van der Waals surface area contributed by atoms with Crippen molar-refractivity contribution in [2.45, 2.75) is 13.3 Å². The molecule has 0 spiro atoms. The minimum absolute atomic E-state index is 0.574. The Labute approximate surface area is 34.5 Å². The molecule has 0 aromatic rings. The lowest BCUT2D eigenvalue weighted by atomic mass is 10.5. The zero-order valence-electron chi connectivity index (χ0n) is 3.33. The van der Waals surface area contributed by atoms with Crippen LogP contribution in [0.15, 0.2) is 0 Å². The number of nitrogens with one attached hydrogen (secondary N) is 1. The van der Waals surface area contributed by atoms with Crippen molar-refractivity contribution in [1.29, 1.82) is 5.41 Å². The highest BCUT2D eigenvalue weighted by molar-refractivity contribution is 5.81. The summed E-state index contributed by atoms with van der Waals surface area (Å²) in [5.41, 5.74) is -0.574. The summed E-state index contributed by atoms with van der Waals surface area (Å²) in [7, 11) is 0. The number of hydrogen-bond acceptors (Lipinski definition) is 1. The highest BCUT2D eigenvalue weighted by atomic mass is 19.3. The predicted octanol–water partition coefficient (Wildman–Crippen LogP) is 1.29. The lowest BCUT2D eigenvalue weighted by Crippen LogP contribution is -2.01. The van der Waals surface area contributed by atoms with Gasteiger partial charge in [-0.3, -0.25) is 0 Å². The lowest BCUT2D eigenvalue weighted by molar-refractivity contribution is 0.224. The first kappa shape index (κ1) is 5.53. The molecule has 0 saturated heterocycles. The topological polar surface area (TPSA) is 23.9 Å². The number of hydrogen-bond donors (Lipinski definition) is 1. The molecule has 1 nitrogen and oxygen atoms in total. The molecule has 0 aliphatic rings. The summed E-state index contributed by atoms with van der Waals surface area (Å²) in [6.07, 6.45) is -2.56. The van der Waals surface area contributed by atoms with Gasteiger partial charge in [-0.15, -0.1) is 0 Å². The number of rotatable bonds is 1. The summed E-state index contributed by atoms with van der Waals surface area (Å²) >= 11 is 0. The highest BCUT2D eigenvalue weighted by Gasteiger charge is 2.00. The fraction of sp³-hybridized carbons (Fsp3) is 0.667. The van der Waals surface area contributed by atoms with Gasteiger partial charge in [0.15, 0.2) is 0 Å². The van der Waals surface area contributed by atoms with E-state index in [4.69, 9.17) is 5.41 Å². The Morgan fingerprint density at radius 2 is 1.83 bits per heavy atom. The number of alkyl halides is 2. The quantitative estimate of drug-likeness (QED) is 0.472. The van der Waals surface area contributed by atoms with Gasteiger partial charge in [-0.1, -0.05) is 0 Å². The maximum atomic E-state index is 10.9. The summed E-state index contributed by atoms with van der Waals surface area (Å²) in [6.45, 7) is 1.07. The minimum Gasteiger partial charge on any atom is -0.304 e. The molecule has 0 atom stereocenters. The maximum Gasteiger partial charge on any atom is 0.275 e. The van der Waals surface area contributed by atoms with Gasteiger partial charge < -0.3 is 5.41 Å². The second-order valence-electron chi connectivity index (χ2n) is 0.984. The molecule has 1 N–H and O–H groups in total. The third kappa shape index (κ3) is 1.81. The van der Waals surface area contributed by atoms with E-state index in [1.165, 1.54) is 0 Å². The van der Waals surface area contributed by atoms with Crippen molar-refractivity contribution in [3.05, 3.63) is 0 Å². The van der Waals surface area contributed by atoms with Crippen LogP contribution in [-0.4, -0.2) is 12.1 Å². The van der Waals surface area contributed by atoms with E-state index >= 15 is 0 Å². The average molecular weight is 93.1 g/mol. The first-order valence-electron chi connectivity index (χ1n) is 1.48. The molecule has 0 radical (unpaired) electrons. The van der Waals surface area contributed by atoms with Crippen molar-refractivity contribution < 1.29 is 8.78 Å². The van der Waals surface area contributed by atoms with Gasteiger partial charge in [-0.2, -0.15) is 0 Å². The fourth-order valence-corrected chi connectivity index (χ4v) is 0. The van der Waals surface area contributed by atoms with Gasteiger partial charge in [0.25, 0.3) is 6.43 Å². The van der Waals surface area contributed by atoms with E-state index in [2.05, 4.69) is 0 Å². The van der Waals surface area contributed by atoms with E-state index in [-0.39, 0.29) is 0 Å². The summed E-state index contributed by atoms with van der Waals surface area (Å²) in [5.74, 6) is 0. The molecule has 6 heavy (non-hydrogen) atoms. The van der Waals surface area contributed by atoms with Crippen LogP contribution in [0.2, 0.25) is 0 Å². The van der Waals surface area contributed by atoms with Crippen molar-refractivity contribution >= 4 is 5.71 Å². The van der Waals surface area contributed by atoms with E-state index < -0.39 is 12.1 Å². The summed E-state index contributed by atoms with van der Waals surface area (Å²) in [6, 6.07) is 0. The standard InChI is InChI=1S/C3H5F2N/c1-2(6)3(4)5/h3,6H,1H3. The first-order valence-corrected chi connectivity index (χ1v) is 1.48. The highest BCUT2D eigenvalue weighted by Crippen LogP contribution is 1.90. The molecule has 36 valence electrons. The number of halogens is 2. The fourth-order valence-electron chi connectivity index (χ4n) is 0. The van der Waals surface area contributed by atoms with Gasteiger partial charge >= 0.3 is 0 Å². The van der Waals surface area contributed by atoms with Gasteiger partial charge in [0.1, 0.15) is 0 Å². The van der Waals surface area contributed by atoms with Crippen LogP contribution >= 0.6 is 0 Å². The van der Waals surface area contributed by atoms with E-state index in [9.17, 15) is 8.78 Å². The molecule has 0 aliphatic heterocycles. The first-order chi connectivity index (χ1) is 2.64. The molecule has 0 aliphatic carbocycles. The van der Waals surface area contributed by atoms with Gasteiger partial charge in [0.05, 0.1) is 5.71 Å². The van der Waals surface area contributed by atoms with Gasteiger partial charge in [-0.25, -0.2) is 8.78 Å². The Bertz CT molecular complexity index is 59.8. The zero-order valence-corrected chi connectivity index (χ0v) is 3.33. The molecule has 0 unspecified atom stereocenters. The smallest absolute Gasteiger partial charge is 0.275 e. The van der Waals surface area contributed by atoms with Crippen LogP contribution in [0.4, 0.5) is 8.78 Å². The summed E-state index contributed by atoms with van der Waals surface area (Å²) in [5, 5.41) is 6.20. The molecule has 0 saturated carbocycles. The van der Waals surface area contributed by atoms with E-state index in [0.29, 0.717) is 0 Å². The van der Waals surface area contributed by atoms with Crippen molar-refractivity contribution in [2.75, 3.05) is 0 Å². The van der Waals surface area contributed by atoms with Crippen LogP contribution < -0.4 is 0 Å². The van der Waals surface area contributed by atoms with E-state index in [1.54, 1.807) is 0 Å². The molecule has 0 amide bonds. The molecule has 0 bridgehead atoms. The minimum atomic E-state index is -2.56. The third-order valence-electron chi connectivity index (χ3n) is 0.327. The van der Waals surface area contributed by atoms with Crippen molar-refractivity contribution in [3.63, 3.8) is 0 Å². The molecule has 0 aromatic carbocycles. The Kier molecular flexibility index (Phi) is 1.70. The second kappa shape index (κ2) is 1.85. The van der Waals surface area contributed by atoms with Crippen molar-refractivity contribution in [3.8, 4) is 0 Å². The predicted molar refractivity (Wildman–Crippen MR) is 19.4 cm³/mol. The summed E-state index contributed by atoms with van der Waals surface area (Å²) in [4.78, 5) is 0. The van der Waals surface area contributed by atoms with E-state index in [0.717, 1.165) is 6.92 Å². The van der Waals surface area contributed by atoms with Gasteiger partial charge in [-0.05, 0) is 6.92 Å². The molecule has 0 heterocycles. The van der Waals surface area contributed by atoms with Crippen LogP contribution in [0.3, 0.4) is 0 Å². The van der Waals surface area contributed by atoms with Crippen LogP contribution in [0.25, 0.3) is 0 Å². The van der Waals surface area contributed by atoms with Crippen LogP contribution in [0, 0.1) is 5.41 Å². The van der Waals surface area contributed by atoms with Crippen LogP contribution in [0.1, 0.15) is 6.92 Å². The largest absolute Gasteiger partial charge is 0.304 e. The average Bonchev–Trinajstić information content (AvgIpc) is 1.36. The Hall–Kier alpha value is -0.470. The molecule has 3 heteroatoms. The zero-order chi connectivity index (χ0) is 5.15. The molecular formula is C3H5F2N.